The summed E-state index contributed by atoms with van der Waals surface area (Å²) in [4.78, 5) is 8.19. The predicted molar refractivity (Wildman–Crippen MR) is 81.7 cm³/mol. The van der Waals surface area contributed by atoms with Crippen molar-refractivity contribution in [2.45, 2.75) is 0 Å². The summed E-state index contributed by atoms with van der Waals surface area (Å²) >= 11 is 3.45. The molecule has 3 aromatic rings. The van der Waals surface area contributed by atoms with Gasteiger partial charge in [-0.05, 0) is 41.1 Å². The van der Waals surface area contributed by atoms with Gasteiger partial charge in [-0.2, -0.15) is 5.26 Å². The lowest BCUT2D eigenvalue weighted by Gasteiger charge is -2.06. The maximum absolute atomic E-state index is 8.82. The van der Waals surface area contributed by atoms with E-state index in [0.29, 0.717) is 11.6 Å². The largest absolute Gasteiger partial charge is 0.324 e. The van der Waals surface area contributed by atoms with Gasteiger partial charge < -0.3 is 5.32 Å². The molecular weight excluding hydrogens is 316 g/mol. The topological polar surface area (TPSA) is 61.6 Å². The molecular formula is C15H9BrN4. The first-order valence-corrected chi connectivity index (χ1v) is 6.73. The quantitative estimate of drug-likeness (QED) is 0.773. The minimum Gasteiger partial charge on any atom is -0.324 e. The molecule has 1 heterocycles. The number of halogens is 1. The lowest BCUT2D eigenvalue weighted by atomic mass is 10.1. The van der Waals surface area contributed by atoms with E-state index in [1.54, 1.807) is 12.3 Å². The minimum absolute atomic E-state index is 0.340. The van der Waals surface area contributed by atoms with E-state index in [-0.39, 0.29) is 0 Å². The van der Waals surface area contributed by atoms with E-state index < -0.39 is 0 Å². The van der Waals surface area contributed by atoms with Crippen LogP contribution >= 0.6 is 15.9 Å². The van der Waals surface area contributed by atoms with Crippen molar-refractivity contribution in [3.63, 3.8) is 0 Å². The zero-order chi connectivity index (χ0) is 13.9. The number of hydrogen-bond donors (Lipinski definition) is 1. The highest BCUT2D eigenvalue weighted by molar-refractivity contribution is 9.10. The number of fused-ring (bicyclic) bond motifs is 1. The van der Waals surface area contributed by atoms with Crippen LogP contribution in [0.2, 0.25) is 0 Å². The van der Waals surface area contributed by atoms with E-state index in [1.165, 1.54) is 0 Å². The summed E-state index contributed by atoms with van der Waals surface area (Å²) in [7, 11) is 0. The molecule has 0 fully saturated rings. The number of rotatable bonds is 2. The Morgan fingerprint density at radius 2 is 1.85 bits per heavy atom. The maximum Gasteiger partial charge on any atom is 0.228 e. The number of anilines is 2. The first-order chi connectivity index (χ1) is 9.74. The number of hydrogen-bond acceptors (Lipinski definition) is 4. The zero-order valence-corrected chi connectivity index (χ0v) is 11.9. The highest BCUT2D eigenvalue weighted by Gasteiger charge is 2.01. The molecule has 1 aromatic heterocycles. The average Bonchev–Trinajstić information content (AvgIpc) is 2.47. The van der Waals surface area contributed by atoms with E-state index >= 15 is 0 Å². The average molecular weight is 325 g/mol. The number of aromatic nitrogens is 2. The van der Waals surface area contributed by atoms with Crippen molar-refractivity contribution in [3.8, 4) is 6.07 Å². The van der Waals surface area contributed by atoms with Crippen molar-refractivity contribution in [1.82, 2.24) is 9.97 Å². The van der Waals surface area contributed by atoms with Crippen LogP contribution in [-0.2, 0) is 0 Å². The molecule has 5 heteroatoms. The molecule has 0 bridgehead atoms. The van der Waals surface area contributed by atoms with Gasteiger partial charge in [0.05, 0.1) is 0 Å². The van der Waals surface area contributed by atoms with Crippen molar-refractivity contribution < 1.29 is 0 Å². The zero-order valence-electron chi connectivity index (χ0n) is 10.3. The first-order valence-electron chi connectivity index (χ1n) is 5.94. The normalized spacial score (nSPS) is 10.2. The van der Waals surface area contributed by atoms with Crippen LogP contribution in [0, 0.1) is 11.3 Å². The summed E-state index contributed by atoms with van der Waals surface area (Å²) in [5.74, 6) is 0.417. The molecule has 1 N–H and O–H groups in total. The smallest absolute Gasteiger partial charge is 0.228 e. The van der Waals surface area contributed by atoms with Crippen LogP contribution in [-0.4, -0.2) is 9.97 Å². The number of nitrogens with zero attached hydrogens (tertiary/aromatic N) is 3. The molecule has 0 aliphatic heterocycles. The molecule has 3 rings (SSSR count). The van der Waals surface area contributed by atoms with Crippen LogP contribution in [0.1, 0.15) is 5.69 Å². The van der Waals surface area contributed by atoms with Gasteiger partial charge in [-0.3, -0.25) is 0 Å². The fraction of sp³-hybridized carbons (Fsp3) is 0. The molecule has 0 radical (unpaired) electrons. The Labute approximate surface area is 124 Å². The molecule has 0 amide bonds. The van der Waals surface area contributed by atoms with Gasteiger partial charge >= 0.3 is 0 Å². The Bertz CT molecular complexity index is 823. The van der Waals surface area contributed by atoms with Gasteiger partial charge in [0.25, 0.3) is 0 Å². The maximum atomic E-state index is 8.82. The first kappa shape index (κ1) is 12.6. The van der Waals surface area contributed by atoms with Crippen LogP contribution in [0.5, 0.6) is 0 Å². The van der Waals surface area contributed by atoms with Crippen LogP contribution < -0.4 is 5.32 Å². The molecule has 0 spiro atoms. The van der Waals surface area contributed by atoms with Gasteiger partial charge in [0.1, 0.15) is 11.8 Å². The third kappa shape index (κ3) is 2.60. The van der Waals surface area contributed by atoms with Gasteiger partial charge in [0.2, 0.25) is 5.95 Å². The highest BCUT2D eigenvalue weighted by Crippen LogP contribution is 2.24. The number of benzene rings is 2. The van der Waals surface area contributed by atoms with E-state index in [4.69, 9.17) is 5.26 Å². The van der Waals surface area contributed by atoms with Gasteiger partial charge in [0.15, 0.2) is 0 Å². The SMILES string of the molecule is N#Cc1ccnc(Nc2ccc3cc(Br)ccc3c2)n1. The van der Waals surface area contributed by atoms with Crippen LogP contribution in [0.4, 0.5) is 11.6 Å². The van der Waals surface area contributed by atoms with Gasteiger partial charge in [-0.25, -0.2) is 9.97 Å². The summed E-state index contributed by atoms with van der Waals surface area (Å²) in [6.45, 7) is 0. The third-order valence-corrected chi connectivity index (χ3v) is 3.32. The molecule has 0 atom stereocenters. The molecule has 2 aromatic carbocycles. The second-order valence-electron chi connectivity index (χ2n) is 4.21. The van der Waals surface area contributed by atoms with Gasteiger partial charge in [-0.15, -0.1) is 0 Å². The molecule has 0 aliphatic carbocycles. The van der Waals surface area contributed by atoms with E-state index in [0.717, 1.165) is 20.9 Å². The Hall–Kier alpha value is -2.45. The summed E-state index contributed by atoms with van der Waals surface area (Å²) in [6.07, 6.45) is 1.56. The summed E-state index contributed by atoms with van der Waals surface area (Å²) < 4.78 is 1.05. The number of nitriles is 1. The van der Waals surface area contributed by atoms with Crippen LogP contribution in [0.15, 0.2) is 53.1 Å². The summed E-state index contributed by atoms with van der Waals surface area (Å²) in [5, 5.41) is 14.2. The van der Waals surface area contributed by atoms with E-state index in [1.807, 2.05) is 36.4 Å². The van der Waals surface area contributed by atoms with Gasteiger partial charge in [0, 0.05) is 16.4 Å². The molecule has 0 unspecified atom stereocenters. The van der Waals surface area contributed by atoms with Crippen molar-refractivity contribution in [2.24, 2.45) is 0 Å². The molecule has 4 nitrogen and oxygen atoms in total. The molecule has 96 valence electrons. The standard InChI is InChI=1S/C15H9BrN4/c16-12-3-1-11-8-13(4-2-10(11)7-12)19-15-18-6-5-14(9-17)20-15/h1-8H,(H,18,19,20). The number of nitrogens with one attached hydrogen (secondary N) is 1. The molecule has 20 heavy (non-hydrogen) atoms. The molecule has 0 aliphatic rings. The van der Waals surface area contributed by atoms with Crippen LogP contribution in [0.3, 0.4) is 0 Å². The highest BCUT2D eigenvalue weighted by atomic mass is 79.9. The second kappa shape index (κ2) is 5.27. The minimum atomic E-state index is 0.340. The van der Waals surface area contributed by atoms with Crippen molar-refractivity contribution in [2.75, 3.05) is 5.32 Å². The van der Waals surface area contributed by atoms with Crippen molar-refractivity contribution in [3.05, 3.63) is 58.8 Å². The Balaban J connectivity index is 1.94. The Morgan fingerprint density at radius 1 is 1.05 bits per heavy atom. The molecule has 0 saturated heterocycles. The monoisotopic (exact) mass is 324 g/mol. The lowest BCUT2D eigenvalue weighted by Crippen LogP contribution is -1.97. The van der Waals surface area contributed by atoms with Gasteiger partial charge in [-0.1, -0.05) is 28.1 Å². The Morgan fingerprint density at radius 3 is 2.70 bits per heavy atom. The fourth-order valence-electron chi connectivity index (χ4n) is 1.90. The molecule has 0 saturated carbocycles. The predicted octanol–water partition coefficient (Wildman–Crippen LogP) is 4.01. The third-order valence-electron chi connectivity index (χ3n) is 2.83. The van der Waals surface area contributed by atoms with Crippen LogP contribution in [0.25, 0.3) is 10.8 Å². The van der Waals surface area contributed by atoms with E-state index in [9.17, 15) is 0 Å². The summed E-state index contributed by atoms with van der Waals surface area (Å²) in [5.41, 5.74) is 1.22. The lowest BCUT2D eigenvalue weighted by molar-refractivity contribution is 1.14. The van der Waals surface area contributed by atoms with Crippen molar-refractivity contribution in [1.29, 1.82) is 5.26 Å². The van der Waals surface area contributed by atoms with E-state index in [2.05, 4.69) is 37.3 Å². The fourth-order valence-corrected chi connectivity index (χ4v) is 2.28. The van der Waals surface area contributed by atoms with Crippen molar-refractivity contribution >= 4 is 38.3 Å². The summed E-state index contributed by atoms with van der Waals surface area (Å²) in [6, 6.07) is 15.7. The second-order valence-corrected chi connectivity index (χ2v) is 5.12. The Kier molecular flexibility index (Phi) is 3.32.